The van der Waals surface area contributed by atoms with Crippen molar-refractivity contribution < 1.29 is 14.6 Å². The zero-order valence-electron chi connectivity index (χ0n) is 20.4. The van der Waals surface area contributed by atoms with Gasteiger partial charge in [0.05, 0.1) is 13.2 Å². The third-order valence-corrected chi connectivity index (χ3v) is 6.39. The molecule has 0 aromatic heterocycles. The number of phenols is 1. The van der Waals surface area contributed by atoms with E-state index < -0.39 is 0 Å². The number of carbonyl (C=O) groups is 1. The molecular formula is C30H32N2O3. The smallest absolute Gasteiger partial charge is 0.318 e. The first-order valence-corrected chi connectivity index (χ1v) is 11.9. The maximum Gasteiger partial charge on any atom is 0.318 e. The second-order valence-electron chi connectivity index (χ2n) is 8.91. The van der Waals surface area contributed by atoms with Gasteiger partial charge in [0.25, 0.3) is 0 Å². The Morgan fingerprint density at radius 1 is 0.914 bits per heavy atom. The molecule has 0 fully saturated rings. The number of methoxy groups -OCH3 is 1. The van der Waals surface area contributed by atoms with E-state index in [1.807, 2.05) is 54.3 Å². The lowest BCUT2D eigenvalue weighted by molar-refractivity contribution is 0.171. The average molecular weight is 469 g/mol. The number of rotatable bonds is 8. The van der Waals surface area contributed by atoms with Crippen LogP contribution in [0.25, 0.3) is 10.8 Å². The van der Waals surface area contributed by atoms with Crippen LogP contribution >= 0.6 is 0 Å². The fourth-order valence-electron chi connectivity index (χ4n) is 4.48. The number of hydrogen-bond donors (Lipinski definition) is 2. The van der Waals surface area contributed by atoms with Crippen molar-refractivity contribution in [1.29, 1.82) is 0 Å². The van der Waals surface area contributed by atoms with Crippen LogP contribution in [-0.2, 0) is 13.0 Å². The van der Waals surface area contributed by atoms with Gasteiger partial charge in [-0.2, -0.15) is 0 Å². The summed E-state index contributed by atoms with van der Waals surface area (Å²) in [6, 6.07) is 29.4. The summed E-state index contributed by atoms with van der Waals surface area (Å²) in [4.78, 5) is 15.5. The largest absolute Gasteiger partial charge is 0.504 e. The number of ether oxygens (including phenoxy) is 1. The fourth-order valence-corrected chi connectivity index (χ4v) is 4.48. The molecule has 4 aromatic rings. The highest BCUT2D eigenvalue weighted by Gasteiger charge is 2.23. The first-order valence-electron chi connectivity index (χ1n) is 11.9. The van der Waals surface area contributed by atoms with E-state index in [1.165, 1.54) is 12.7 Å². The summed E-state index contributed by atoms with van der Waals surface area (Å²) < 4.78 is 5.28. The van der Waals surface area contributed by atoms with Gasteiger partial charge in [0, 0.05) is 12.6 Å². The Balaban J connectivity index is 1.59. The molecule has 0 spiro atoms. The summed E-state index contributed by atoms with van der Waals surface area (Å²) >= 11 is 0. The predicted molar refractivity (Wildman–Crippen MR) is 141 cm³/mol. The van der Waals surface area contributed by atoms with Crippen LogP contribution in [0.15, 0.2) is 91.0 Å². The number of urea groups is 1. The van der Waals surface area contributed by atoms with Crippen LogP contribution in [0.4, 0.5) is 4.79 Å². The molecule has 0 heterocycles. The Kier molecular flexibility index (Phi) is 7.56. The van der Waals surface area contributed by atoms with Gasteiger partial charge < -0.3 is 20.1 Å². The van der Waals surface area contributed by atoms with Crippen LogP contribution in [0.3, 0.4) is 0 Å². The highest BCUT2D eigenvalue weighted by atomic mass is 16.5. The number of carbonyl (C=O) groups excluding carboxylic acids is 1. The monoisotopic (exact) mass is 468 g/mol. The maximum absolute atomic E-state index is 13.7. The van der Waals surface area contributed by atoms with Gasteiger partial charge in [0.15, 0.2) is 11.5 Å². The average Bonchev–Trinajstić information content (AvgIpc) is 2.88. The number of fused-ring (bicyclic) bond motifs is 1. The van der Waals surface area contributed by atoms with Gasteiger partial charge in [-0.3, -0.25) is 0 Å². The molecule has 2 atom stereocenters. The van der Waals surface area contributed by atoms with Crippen LogP contribution < -0.4 is 10.1 Å². The van der Waals surface area contributed by atoms with Gasteiger partial charge >= 0.3 is 6.03 Å². The minimum atomic E-state index is -0.172. The van der Waals surface area contributed by atoms with Gasteiger partial charge in [-0.15, -0.1) is 0 Å². The van der Waals surface area contributed by atoms with Crippen molar-refractivity contribution in [2.24, 2.45) is 0 Å². The first-order chi connectivity index (χ1) is 17.0. The third-order valence-electron chi connectivity index (χ3n) is 6.39. The van der Waals surface area contributed by atoms with Crippen molar-refractivity contribution in [3.63, 3.8) is 0 Å². The molecule has 4 aromatic carbocycles. The molecule has 35 heavy (non-hydrogen) atoms. The summed E-state index contributed by atoms with van der Waals surface area (Å²) in [7, 11) is 1.52. The zero-order chi connectivity index (χ0) is 24.8. The zero-order valence-corrected chi connectivity index (χ0v) is 20.4. The highest BCUT2D eigenvalue weighted by Crippen LogP contribution is 2.28. The summed E-state index contributed by atoms with van der Waals surface area (Å²) in [6.07, 6.45) is 0.728. The number of hydrogen-bond acceptors (Lipinski definition) is 3. The summed E-state index contributed by atoms with van der Waals surface area (Å²) in [5, 5.41) is 15.5. The fraction of sp³-hybridized carbons (Fsp3) is 0.233. The molecule has 2 amide bonds. The molecule has 4 rings (SSSR count). The Morgan fingerprint density at radius 2 is 1.63 bits per heavy atom. The number of nitrogens with one attached hydrogen (secondary N) is 1. The van der Waals surface area contributed by atoms with Crippen LogP contribution in [0.5, 0.6) is 11.5 Å². The number of benzene rings is 4. The van der Waals surface area contributed by atoms with Gasteiger partial charge in [0.1, 0.15) is 0 Å². The topological polar surface area (TPSA) is 61.8 Å². The number of nitrogens with zero attached hydrogens (tertiary/aromatic N) is 1. The van der Waals surface area contributed by atoms with E-state index in [1.54, 1.807) is 12.1 Å². The van der Waals surface area contributed by atoms with Gasteiger partial charge in [0.2, 0.25) is 0 Å². The van der Waals surface area contributed by atoms with E-state index in [0.29, 0.717) is 12.3 Å². The summed E-state index contributed by atoms with van der Waals surface area (Å²) in [5.74, 6) is 0.469. The van der Waals surface area contributed by atoms with Crippen LogP contribution in [-0.4, -0.2) is 29.2 Å². The lowest BCUT2D eigenvalue weighted by Gasteiger charge is -2.31. The molecule has 0 saturated heterocycles. The van der Waals surface area contributed by atoms with Crippen molar-refractivity contribution in [1.82, 2.24) is 10.2 Å². The van der Waals surface area contributed by atoms with Crippen molar-refractivity contribution in [3.8, 4) is 11.5 Å². The first kappa shape index (κ1) is 24.1. The predicted octanol–water partition coefficient (Wildman–Crippen LogP) is 6.46. The Morgan fingerprint density at radius 3 is 2.40 bits per heavy atom. The van der Waals surface area contributed by atoms with Crippen LogP contribution in [0, 0.1) is 0 Å². The van der Waals surface area contributed by atoms with Crippen molar-refractivity contribution >= 4 is 16.8 Å². The normalized spacial score (nSPS) is 12.7. The molecule has 0 unspecified atom stereocenters. The van der Waals surface area contributed by atoms with Crippen LogP contribution in [0.1, 0.15) is 36.6 Å². The Bertz CT molecular complexity index is 1280. The number of aromatic hydroxyl groups is 1. The lowest BCUT2D eigenvalue weighted by atomic mass is 10.00. The van der Waals surface area contributed by atoms with E-state index in [2.05, 4.69) is 48.6 Å². The summed E-state index contributed by atoms with van der Waals surface area (Å²) in [6.45, 7) is 4.47. The minimum absolute atomic E-state index is 0.0584. The van der Waals surface area contributed by atoms with E-state index in [0.717, 1.165) is 28.3 Å². The van der Waals surface area contributed by atoms with E-state index in [-0.39, 0.29) is 23.9 Å². The van der Waals surface area contributed by atoms with E-state index in [4.69, 9.17) is 4.74 Å². The van der Waals surface area contributed by atoms with Crippen LogP contribution in [0.2, 0.25) is 0 Å². The van der Waals surface area contributed by atoms with Crippen molar-refractivity contribution in [2.75, 3.05) is 7.11 Å². The number of phenolic OH excluding ortho intramolecular Hbond substituents is 1. The molecule has 0 saturated carbocycles. The standard InChI is InChI=1S/C30H32N2O3/c1-21(18-23-10-5-4-6-11-23)32(20-24-16-17-28(33)29(19-24)35-3)30(34)31-22(2)26-15-9-13-25-12-7-8-14-27(25)26/h4-17,19,21-22,33H,18,20H2,1-3H3,(H,31,34)/t21-,22-/m0/s1. The molecule has 2 N–H and O–H groups in total. The Hall–Kier alpha value is -3.99. The second kappa shape index (κ2) is 11.0. The molecule has 5 heteroatoms. The molecule has 0 aliphatic rings. The molecule has 180 valence electrons. The Labute approximate surface area is 207 Å². The van der Waals surface area contributed by atoms with Gasteiger partial charge in [-0.25, -0.2) is 4.79 Å². The van der Waals surface area contributed by atoms with E-state index >= 15 is 0 Å². The highest BCUT2D eigenvalue weighted by molar-refractivity contribution is 5.86. The SMILES string of the molecule is COc1cc(CN(C(=O)N[C@@H](C)c2cccc3ccccc23)[C@@H](C)Cc2ccccc2)ccc1O. The molecule has 0 aliphatic carbocycles. The lowest BCUT2D eigenvalue weighted by Crippen LogP contribution is -2.46. The summed E-state index contributed by atoms with van der Waals surface area (Å²) in [5.41, 5.74) is 3.13. The van der Waals surface area contributed by atoms with Gasteiger partial charge in [-0.05, 0) is 59.9 Å². The maximum atomic E-state index is 13.7. The van der Waals surface area contributed by atoms with Gasteiger partial charge in [-0.1, -0.05) is 78.9 Å². The molecule has 0 bridgehead atoms. The molecule has 0 aliphatic heterocycles. The molecule has 5 nitrogen and oxygen atoms in total. The van der Waals surface area contributed by atoms with Crippen molar-refractivity contribution in [3.05, 3.63) is 108 Å². The minimum Gasteiger partial charge on any atom is -0.504 e. The van der Waals surface area contributed by atoms with Crippen molar-refractivity contribution in [2.45, 2.75) is 38.9 Å². The molecular weight excluding hydrogens is 436 g/mol. The number of amides is 2. The second-order valence-corrected chi connectivity index (χ2v) is 8.91. The molecule has 0 radical (unpaired) electrons. The quantitative estimate of drug-likeness (QED) is 0.312. The van der Waals surface area contributed by atoms with E-state index in [9.17, 15) is 9.90 Å². The third kappa shape index (κ3) is 5.75.